The molecule has 8 heteroatoms. The monoisotopic (exact) mass is 306 g/mol. The van der Waals surface area contributed by atoms with Gasteiger partial charge in [0.1, 0.15) is 18.5 Å². The van der Waals surface area contributed by atoms with E-state index < -0.39 is 23.2 Å². The van der Waals surface area contributed by atoms with Gasteiger partial charge in [-0.2, -0.15) is 5.10 Å². The van der Waals surface area contributed by atoms with Gasteiger partial charge in [-0.3, -0.25) is 9.48 Å². The van der Waals surface area contributed by atoms with Crippen LogP contribution in [0.4, 0.5) is 4.39 Å². The van der Waals surface area contributed by atoms with Gasteiger partial charge in [0.15, 0.2) is 5.54 Å². The molecule has 116 valence electrons. The first-order valence-corrected chi connectivity index (χ1v) is 6.54. The van der Waals surface area contributed by atoms with Crippen LogP contribution in [0.1, 0.15) is 18.9 Å². The second-order valence-corrected chi connectivity index (χ2v) is 4.89. The normalized spacial score (nSPS) is 13.4. The van der Waals surface area contributed by atoms with E-state index in [1.807, 2.05) is 0 Å². The number of carbonyl (C=O) groups excluding carboxylic acids is 1. The Bertz CT molecular complexity index is 657. The van der Waals surface area contributed by atoms with E-state index in [2.05, 4.69) is 15.4 Å². The van der Waals surface area contributed by atoms with E-state index in [1.165, 1.54) is 36.4 Å². The summed E-state index contributed by atoms with van der Waals surface area (Å²) in [6.45, 7) is 1.64. The zero-order valence-corrected chi connectivity index (χ0v) is 11.9. The summed E-state index contributed by atoms with van der Waals surface area (Å²) in [7, 11) is 0. The summed E-state index contributed by atoms with van der Waals surface area (Å²) in [5, 5.41) is 15.7. The minimum Gasteiger partial charge on any atom is -0.479 e. The number of aromatic nitrogens is 3. The van der Waals surface area contributed by atoms with Crippen molar-refractivity contribution in [1.29, 1.82) is 0 Å². The summed E-state index contributed by atoms with van der Waals surface area (Å²) in [6, 6.07) is 4.97. The van der Waals surface area contributed by atoms with Crippen molar-refractivity contribution in [2.24, 2.45) is 0 Å². The fraction of sp³-hybridized carbons (Fsp3) is 0.286. The van der Waals surface area contributed by atoms with Crippen molar-refractivity contribution in [2.75, 3.05) is 0 Å². The molecule has 2 rings (SSSR count). The molecule has 1 aromatic carbocycles. The van der Waals surface area contributed by atoms with Crippen LogP contribution in [-0.2, 0) is 21.7 Å². The second kappa shape index (κ2) is 6.33. The molecule has 2 N–H and O–H groups in total. The average molecular weight is 306 g/mol. The van der Waals surface area contributed by atoms with Crippen LogP contribution >= 0.6 is 0 Å². The number of carboxylic acids is 1. The van der Waals surface area contributed by atoms with E-state index in [0.717, 1.165) is 12.1 Å². The quantitative estimate of drug-likeness (QED) is 0.827. The molecule has 0 spiro atoms. The number of carboxylic acid groups (broad SMARTS) is 1. The largest absolute Gasteiger partial charge is 0.479 e. The lowest BCUT2D eigenvalue weighted by Crippen LogP contribution is -2.49. The summed E-state index contributed by atoms with van der Waals surface area (Å²) in [6.07, 6.45) is 2.86. The molecule has 0 aliphatic heterocycles. The van der Waals surface area contributed by atoms with E-state index in [1.54, 1.807) is 0 Å². The highest BCUT2D eigenvalue weighted by Gasteiger charge is 2.36. The Morgan fingerprint density at radius 3 is 2.59 bits per heavy atom. The average Bonchev–Trinajstić information content (AvgIpc) is 2.98. The zero-order valence-electron chi connectivity index (χ0n) is 11.9. The number of aryl methyl sites for hydroxylation is 1. The van der Waals surface area contributed by atoms with E-state index in [0.29, 0.717) is 0 Å². The number of nitrogens with zero attached hydrogens (tertiary/aromatic N) is 3. The molecule has 1 heterocycles. The molecule has 0 radical (unpaired) electrons. The minimum absolute atomic E-state index is 0.0490. The maximum absolute atomic E-state index is 13.0. The summed E-state index contributed by atoms with van der Waals surface area (Å²) in [4.78, 5) is 27.3. The summed E-state index contributed by atoms with van der Waals surface area (Å²) < 4.78 is 14.4. The first-order chi connectivity index (χ1) is 10.4. The molecular weight excluding hydrogens is 291 g/mol. The van der Waals surface area contributed by atoms with Crippen LogP contribution in [0.25, 0.3) is 0 Å². The van der Waals surface area contributed by atoms with Crippen LogP contribution in [0.15, 0.2) is 36.9 Å². The first-order valence-electron chi connectivity index (χ1n) is 6.54. The molecule has 22 heavy (non-hydrogen) atoms. The van der Waals surface area contributed by atoms with Crippen LogP contribution in [0.3, 0.4) is 0 Å². The molecule has 0 saturated carbocycles. The fourth-order valence-electron chi connectivity index (χ4n) is 1.94. The molecule has 0 aliphatic rings. The number of rotatable bonds is 6. The van der Waals surface area contributed by atoms with Crippen molar-refractivity contribution >= 4 is 11.9 Å². The summed E-state index contributed by atoms with van der Waals surface area (Å²) in [5.41, 5.74) is -1.34. The van der Waals surface area contributed by atoms with Gasteiger partial charge in [-0.25, -0.2) is 14.2 Å². The summed E-state index contributed by atoms with van der Waals surface area (Å²) in [5.74, 6) is -2.16. The molecule has 1 unspecified atom stereocenters. The Morgan fingerprint density at radius 2 is 2.05 bits per heavy atom. The van der Waals surface area contributed by atoms with Crippen LogP contribution < -0.4 is 5.32 Å². The number of amides is 1. The highest BCUT2D eigenvalue weighted by Crippen LogP contribution is 2.21. The smallest absolute Gasteiger partial charge is 0.333 e. The topological polar surface area (TPSA) is 97.1 Å². The third-order valence-corrected chi connectivity index (χ3v) is 3.27. The standard InChI is InChI=1S/C14H15FN4O3/c1-14(13(21)22,10-2-4-11(15)5-3-10)18-12(20)6-7-19-9-16-8-17-19/h2-5,8-9H,6-7H2,1H3,(H,18,20)(H,21,22). The lowest BCUT2D eigenvalue weighted by atomic mass is 9.92. The zero-order chi connectivity index (χ0) is 16.2. The molecule has 1 atom stereocenters. The van der Waals surface area contributed by atoms with Crippen LogP contribution in [0, 0.1) is 5.82 Å². The molecule has 2 aromatic rings. The van der Waals surface area contributed by atoms with E-state index in [-0.39, 0.29) is 18.5 Å². The number of halogens is 1. The Balaban J connectivity index is 2.09. The molecule has 1 aromatic heterocycles. The minimum atomic E-state index is -1.63. The van der Waals surface area contributed by atoms with Crippen molar-refractivity contribution in [3.8, 4) is 0 Å². The first kappa shape index (κ1) is 15.6. The van der Waals surface area contributed by atoms with Crippen LogP contribution in [0.5, 0.6) is 0 Å². The predicted octanol–water partition coefficient (Wildman–Crippen LogP) is 0.923. The van der Waals surface area contributed by atoms with Gasteiger partial charge in [-0.1, -0.05) is 12.1 Å². The highest BCUT2D eigenvalue weighted by atomic mass is 19.1. The van der Waals surface area contributed by atoms with Gasteiger partial charge in [0.25, 0.3) is 0 Å². The van der Waals surface area contributed by atoms with Gasteiger partial charge in [-0.05, 0) is 24.6 Å². The number of benzene rings is 1. The van der Waals surface area contributed by atoms with E-state index in [9.17, 15) is 19.1 Å². The third kappa shape index (κ3) is 3.46. The second-order valence-electron chi connectivity index (χ2n) is 4.89. The fourth-order valence-corrected chi connectivity index (χ4v) is 1.94. The van der Waals surface area contributed by atoms with Gasteiger partial charge < -0.3 is 10.4 Å². The van der Waals surface area contributed by atoms with Gasteiger partial charge in [-0.15, -0.1) is 0 Å². The molecule has 7 nitrogen and oxygen atoms in total. The maximum Gasteiger partial charge on any atom is 0.333 e. The lowest BCUT2D eigenvalue weighted by Gasteiger charge is -2.26. The Kier molecular flexibility index (Phi) is 4.50. The highest BCUT2D eigenvalue weighted by molar-refractivity contribution is 5.87. The van der Waals surface area contributed by atoms with Crippen molar-refractivity contribution in [2.45, 2.75) is 25.4 Å². The van der Waals surface area contributed by atoms with Gasteiger partial charge in [0.2, 0.25) is 5.91 Å². The van der Waals surface area contributed by atoms with Gasteiger partial charge >= 0.3 is 5.97 Å². The number of nitrogens with one attached hydrogen (secondary N) is 1. The van der Waals surface area contributed by atoms with E-state index in [4.69, 9.17) is 0 Å². The summed E-state index contributed by atoms with van der Waals surface area (Å²) >= 11 is 0. The number of hydrogen-bond donors (Lipinski definition) is 2. The predicted molar refractivity (Wildman–Crippen MR) is 74.2 cm³/mol. The molecular formula is C14H15FN4O3. The van der Waals surface area contributed by atoms with Crippen molar-refractivity contribution in [1.82, 2.24) is 20.1 Å². The Hall–Kier alpha value is -2.77. The van der Waals surface area contributed by atoms with Crippen molar-refractivity contribution < 1.29 is 19.1 Å². The third-order valence-electron chi connectivity index (χ3n) is 3.27. The van der Waals surface area contributed by atoms with Gasteiger partial charge in [0.05, 0.1) is 6.54 Å². The molecule has 1 amide bonds. The molecule has 0 aliphatic carbocycles. The SMILES string of the molecule is CC(NC(=O)CCn1cncn1)(C(=O)O)c1ccc(F)cc1. The van der Waals surface area contributed by atoms with E-state index >= 15 is 0 Å². The van der Waals surface area contributed by atoms with Crippen LogP contribution in [-0.4, -0.2) is 31.7 Å². The Labute approximate surface area is 125 Å². The number of aliphatic carboxylic acids is 1. The Morgan fingerprint density at radius 1 is 1.36 bits per heavy atom. The van der Waals surface area contributed by atoms with Crippen molar-refractivity contribution in [3.63, 3.8) is 0 Å². The number of hydrogen-bond acceptors (Lipinski definition) is 4. The number of carbonyl (C=O) groups is 2. The molecule has 0 bridgehead atoms. The maximum atomic E-state index is 13.0. The molecule has 0 fully saturated rings. The van der Waals surface area contributed by atoms with Gasteiger partial charge in [0, 0.05) is 6.42 Å². The van der Waals surface area contributed by atoms with Crippen LogP contribution in [0.2, 0.25) is 0 Å². The molecule has 0 saturated heterocycles. The van der Waals surface area contributed by atoms with Crippen molar-refractivity contribution in [3.05, 3.63) is 48.3 Å². The lowest BCUT2D eigenvalue weighted by molar-refractivity contribution is -0.147.